The lowest BCUT2D eigenvalue weighted by molar-refractivity contribution is 0.525. The molecule has 0 radical (unpaired) electrons. The van der Waals surface area contributed by atoms with Gasteiger partial charge in [-0.05, 0) is 37.3 Å². The number of thioether (sulfide) groups is 1. The number of furan rings is 1. The Morgan fingerprint density at radius 3 is 2.67 bits per heavy atom. The first kappa shape index (κ1) is 13.5. The standard InChI is InChI=1S/C15H11N3O2S/c1-10-13(6-7-19-10)21-9-14-17-18-15(20-14)12-4-2-11(8-16)3-5-12/h2-7H,9H2,1H3. The van der Waals surface area contributed by atoms with Crippen molar-refractivity contribution in [1.29, 1.82) is 5.26 Å². The zero-order valence-corrected chi connectivity index (χ0v) is 12.1. The molecule has 0 saturated heterocycles. The van der Waals surface area contributed by atoms with Crippen LogP contribution in [0.4, 0.5) is 0 Å². The SMILES string of the molecule is Cc1occc1SCc1nnc(-c2ccc(C#N)cc2)o1. The highest BCUT2D eigenvalue weighted by atomic mass is 32.2. The lowest BCUT2D eigenvalue weighted by Gasteiger charge is -1.96. The van der Waals surface area contributed by atoms with Crippen LogP contribution < -0.4 is 0 Å². The third-order valence-corrected chi connectivity index (χ3v) is 4.02. The van der Waals surface area contributed by atoms with E-state index in [0.29, 0.717) is 23.1 Å². The molecular formula is C15H11N3O2S. The summed E-state index contributed by atoms with van der Waals surface area (Å²) in [5.74, 6) is 2.48. The summed E-state index contributed by atoms with van der Waals surface area (Å²) < 4.78 is 10.9. The van der Waals surface area contributed by atoms with E-state index in [2.05, 4.69) is 16.3 Å². The Labute approximate surface area is 125 Å². The maximum absolute atomic E-state index is 8.77. The number of nitriles is 1. The van der Waals surface area contributed by atoms with Crippen LogP contribution in [0.3, 0.4) is 0 Å². The van der Waals surface area contributed by atoms with Gasteiger partial charge in [0.05, 0.1) is 23.6 Å². The molecule has 3 aromatic rings. The Bertz CT molecular complexity index is 784. The minimum absolute atomic E-state index is 0.457. The van der Waals surface area contributed by atoms with Crippen LogP contribution in [0.25, 0.3) is 11.5 Å². The van der Waals surface area contributed by atoms with Crippen LogP contribution in [0, 0.1) is 18.3 Å². The normalized spacial score (nSPS) is 10.5. The molecule has 104 valence electrons. The molecule has 0 spiro atoms. The molecule has 0 aliphatic carbocycles. The van der Waals surface area contributed by atoms with Gasteiger partial charge in [0, 0.05) is 10.5 Å². The number of nitrogens with zero attached hydrogens (tertiary/aromatic N) is 3. The van der Waals surface area contributed by atoms with Gasteiger partial charge in [-0.3, -0.25) is 0 Å². The van der Waals surface area contributed by atoms with Crippen molar-refractivity contribution < 1.29 is 8.83 Å². The molecule has 5 nitrogen and oxygen atoms in total. The zero-order chi connectivity index (χ0) is 14.7. The fraction of sp³-hybridized carbons (Fsp3) is 0.133. The van der Waals surface area contributed by atoms with E-state index in [1.54, 1.807) is 42.3 Å². The predicted molar refractivity (Wildman–Crippen MR) is 77.5 cm³/mol. The quantitative estimate of drug-likeness (QED) is 0.682. The third-order valence-electron chi connectivity index (χ3n) is 2.89. The summed E-state index contributed by atoms with van der Waals surface area (Å²) in [5.41, 5.74) is 1.40. The zero-order valence-electron chi connectivity index (χ0n) is 11.2. The fourth-order valence-electron chi connectivity index (χ4n) is 1.78. The highest BCUT2D eigenvalue weighted by Crippen LogP contribution is 2.27. The molecule has 0 amide bonds. The van der Waals surface area contributed by atoms with Gasteiger partial charge in [-0.1, -0.05) is 0 Å². The average molecular weight is 297 g/mol. The van der Waals surface area contributed by atoms with E-state index < -0.39 is 0 Å². The number of aromatic nitrogens is 2. The van der Waals surface area contributed by atoms with Crippen molar-refractivity contribution in [3.05, 3.63) is 53.8 Å². The van der Waals surface area contributed by atoms with Gasteiger partial charge in [0.15, 0.2) is 0 Å². The van der Waals surface area contributed by atoms with Gasteiger partial charge in [0.25, 0.3) is 0 Å². The molecule has 0 aliphatic rings. The summed E-state index contributed by atoms with van der Waals surface area (Å²) >= 11 is 1.59. The van der Waals surface area contributed by atoms with E-state index in [4.69, 9.17) is 14.1 Å². The molecule has 0 saturated carbocycles. The topological polar surface area (TPSA) is 75.8 Å². The number of aryl methyl sites for hydroxylation is 1. The summed E-state index contributed by atoms with van der Waals surface area (Å²) in [7, 11) is 0. The van der Waals surface area contributed by atoms with Crippen LogP contribution in [0.1, 0.15) is 17.2 Å². The van der Waals surface area contributed by atoms with E-state index in [0.717, 1.165) is 16.2 Å². The molecule has 6 heteroatoms. The molecule has 1 aromatic carbocycles. The van der Waals surface area contributed by atoms with Gasteiger partial charge in [0.2, 0.25) is 11.8 Å². The molecule has 0 aliphatic heterocycles. The van der Waals surface area contributed by atoms with Crippen molar-refractivity contribution in [2.45, 2.75) is 17.6 Å². The molecule has 2 heterocycles. The highest BCUT2D eigenvalue weighted by Gasteiger charge is 2.10. The summed E-state index contributed by atoms with van der Waals surface area (Å²) in [5, 5.41) is 16.8. The Hall–Kier alpha value is -2.52. The smallest absolute Gasteiger partial charge is 0.247 e. The summed E-state index contributed by atoms with van der Waals surface area (Å²) in [6.07, 6.45) is 1.66. The largest absolute Gasteiger partial charge is 0.468 e. The Morgan fingerprint density at radius 2 is 2.00 bits per heavy atom. The van der Waals surface area contributed by atoms with Crippen molar-refractivity contribution in [2.75, 3.05) is 0 Å². The molecular weight excluding hydrogens is 286 g/mol. The second-order valence-electron chi connectivity index (χ2n) is 4.32. The van der Waals surface area contributed by atoms with Gasteiger partial charge in [0.1, 0.15) is 5.76 Å². The minimum Gasteiger partial charge on any atom is -0.468 e. The Morgan fingerprint density at radius 1 is 1.19 bits per heavy atom. The number of hydrogen-bond donors (Lipinski definition) is 0. The van der Waals surface area contributed by atoms with Crippen LogP contribution in [0.2, 0.25) is 0 Å². The van der Waals surface area contributed by atoms with Crippen molar-refractivity contribution in [1.82, 2.24) is 10.2 Å². The van der Waals surface area contributed by atoms with E-state index in [1.165, 1.54) is 0 Å². The van der Waals surface area contributed by atoms with E-state index in [1.807, 2.05) is 13.0 Å². The predicted octanol–water partition coefficient (Wildman–Crippen LogP) is 3.80. The maximum Gasteiger partial charge on any atom is 0.247 e. The van der Waals surface area contributed by atoms with Gasteiger partial charge in [-0.25, -0.2) is 0 Å². The van der Waals surface area contributed by atoms with Crippen molar-refractivity contribution in [2.24, 2.45) is 0 Å². The molecule has 21 heavy (non-hydrogen) atoms. The first-order chi connectivity index (χ1) is 10.3. The van der Waals surface area contributed by atoms with Crippen LogP contribution in [0.15, 0.2) is 50.3 Å². The summed E-state index contributed by atoms with van der Waals surface area (Å²) in [6.45, 7) is 1.92. The summed E-state index contributed by atoms with van der Waals surface area (Å²) in [4.78, 5) is 1.06. The van der Waals surface area contributed by atoms with E-state index in [9.17, 15) is 0 Å². The van der Waals surface area contributed by atoms with Crippen LogP contribution >= 0.6 is 11.8 Å². The van der Waals surface area contributed by atoms with E-state index >= 15 is 0 Å². The molecule has 2 aromatic heterocycles. The van der Waals surface area contributed by atoms with Crippen LogP contribution in [-0.4, -0.2) is 10.2 Å². The van der Waals surface area contributed by atoms with Crippen LogP contribution in [0.5, 0.6) is 0 Å². The molecule has 0 N–H and O–H groups in total. The lowest BCUT2D eigenvalue weighted by Crippen LogP contribution is -1.80. The van der Waals surface area contributed by atoms with Gasteiger partial charge in [-0.2, -0.15) is 5.26 Å². The van der Waals surface area contributed by atoms with E-state index in [-0.39, 0.29) is 0 Å². The second kappa shape index (κ2) is 5.85. The first-order valence-corrected chi connectivity index (χ1v) is 7.24. The number of hydrogen-bond acceptors (Lipinski definition) is 6. The lowest BCUT2D eigenvalue weighted by atomic mass is 10.1. The molecule has 0 atom stereocenters. The molecule has 3 rings (SSSR count). The van der Waals surface area contributed by atoms with Crippen molar-refractivity contribution in [3.63, 3.8) is 0 Å². The summed E-state index contributed by atoms with van der Waals surface area (Å²) in [6, 6.07) is 11.0. The maximum atomic E-state index is 8.77. The van der Waals surface area contributed by atoms with Gasteiger partial charge < -0.3 is 8.83 Å². The van der Waals surface area contributed by atoms with Crippen molar-refractivity contribution >= 4 is 11.8 Å². The highest BCUT2D eigenvalue weighted by molar-refractivity contribution is 7.98. The molecule has 0 bridgehead atoms. The number of benzene rings is 1. The number of rotatable bonds is 4. The Balaban J connectivity index is 1.71. The molecule has 0 fully saturated rings. The Kier molecular flexibility index (Phi) is 3.75. The van der Waals surface area contributed by atoms with Gasteiger partial charge in [-0.15, -0.1) is 22.0 Å². The monoisotopic (exact) mass is 297 g/mol. The van der Waals surface area contributed by atoms with Gasteiger partial charge >= 0.3 is 0 Å². The van der Waals surface area contributed by atoms with Crippen LogP contribution in [-0.2, 0) is 5.75 Å². The first-order valence-electron chi connectivity index (χ1n) is 6.26. The fourth-order valence-corrected chi connectivity index (χ4v) is 2.58. The average Bonchev–Trinajstić information content (AvgIpc) is 3.14. The minimum atomic E-state index is 0.457. The van der Waals surface area contributed by atoms with Crippen molar-refractivity contribution in [3.8, 4) is 17.5 Å². The molecule has 0 unspecified atom stereocenters. The third kappa shape index (κ3) is 2.98. The second-order valence-corrected chi connectivity index (χ2v) is 5.34.